The number of nitrogens with one attached hydrogen (secondary N) is 2. The van der Waals surface area contributed by atoms with Crippen molar-refractivity contribution in [1.82, 2.24) is 5.32 Å². The van der Waals surface area contributed by atoms with E-state index in [2.05, 4.69) is 17.6 Å². The maximum atomic E-state index is 11.4. The third-order valence-corrected chi connectivity index (χ3v) is 2.68. The predicted molar refractivity (Wildman–Crippen MR) is 60.6 cm³/mol. The minimum atomic E-state index is 0.0770. The highest BCUT2D eigenvalue weighted by Crippen LogP contribution is 2.28. The molecule has 2 rings (SSSR count). The van der Waals surface area contributed by atoms with Gasteiger partial charge in [0.2, 0.25) is 5.91 Å². The molecule has 1 aliphatic rings. The topological polar surface area (TPSA) is 41.1 Å². The second-order valence-corrected chi connectivity index (χ2v) is 4.11. The Balaban J connectivity index is 1.71. The van der Waals surface area contributed by atoms with E-state index in [0.29, 0.717) is 18.5 Å². The van der Waals surface area contributed by atoms with Gasteiger partial charge in [-0.1, -0.05) is 25.1 Å². The van der Waals surface area contributed by atoms with Gasteiger partial charge in [0, 0.05) is 11.7 Å². The lowest BCUT2D eigenvalue weighted by Crippen LogP contribution is -2.32. The number of carbonyl (C=O) groups excluding carboxylic acids is 1. The lowest BCUT2D eigenvalue weighted by atomic mass is 10.3. The van der Waals surface area contributed by atoms with Crippen molar-refractivity contribution in [3.63, 3.8) is 0 Å². The molecule has 2 N–H and O–H groups in total. The van der Waals surface area contributed by atoms with Crippen molar-refractivity contribution in [2.45, 2.75) is 19.4 Å². The van der Waals surface area contributed by atoms with Gasteiger partial charge in [0.15, 0.2) is 0 Å². The van der Waals surface area contributed by atoms with Gasteiger partial charge in [-0.3, -0.25) is 4.79 Å². The third kappa shape index (κ3) is 2.98. The Labute approximate surface area is 89.9 Å². The molecular formula is C12H16N2O. The summed E-state index contributed by atoms with van der Waals surface area (Å²) < 4.78 is 0. The largest absolute Gasteiger partial charge is 0.376 e. The van der Waals surface area contributed by atoms with Crippen LogP contribution in [-0.2, 0) is 4.79 Å². The molecule has 15 heavy (non-hydrogen) atoms. The van der Waals surface area contributed by atoms with Crippen LogP contribution in [0, 0.1) is 5.92 Å². The number of hydrogen-bond acceptors (Lipinski definition) is 2. The summed E-state index contributed by atoms with van der Waals surface area (Å²) in [6.07, 6.45) is 1.12. The Morgan fingerprint density at radius 2 is 2.07 bits per heavy atom. The average molecular weight is 204 g/mol. The van der Waals surface area contributed by atoms with Gasteiger partial charge in [0.05, 0.1) is 6.54 Å². The lowest BCUT2D eigenvalue weighted by Gasteiger charge is -2.06. The summed E-state index contributed by atoms with van der Waals surface area (Å²) in [5, 5.41) is 6.05. The molecule has 1 aromatic carbocycles. The summed E-state index contributed by atoms with van der Waals surface area (Å²) >= 11 is 0. The first-order chi connectivity index (χ1) is 7.25. The number of benzene rings is 1. The first-order valence-corrected chi connectivity index (χ1v) is 5.34. The molecule has 80 valence electrons. The zero-order valence-corrected chi connectivity index (χ0v) is 8.86. The summed E-state index contributed by atoms with van der Waals surface area (Å²) in [5.74, 6) is 0.735. The van der Waals surface area contributed by atoms with E-state index in [-0.39, 0.29) is 5.91 Å². The van der Waals surface area contributed by atoms with Crippen LogP contribution in [-0.4, -0.2) is 18.5 Å². The Bertz CT molecular complexity index is 337. The number of anilines is 1. The van der Waals surface area contributed by atoms with Crippen LogP contribution in [0.3, 0.4) is 0 Å². The van der Waals surface area contributed by atoms with Crippen LogP contribution in [0.4, 0.5) is 5.69 Å². The fourth-order valence-corrected chi connectivity index (χ4v) is 1.52. The molecule has 0 aromatic heterocycles. The monoisotopic (exact) mass is 204 g/mol. The van der Waals surface area contributed by atoms with E-state index in [9.17, 15) is 4.79 Å². The van der Waals surface area contributed by atoms with E-state index in [4.69, 9.17) is 0 Å². The molecule has 0 saturated heterocycles. The first kappa shape index (κ1) is 10.0. The maximum absolute atomic E-state index is 11.4. The zero-order chi connectivity index (χ0) is 10.7. The van der Waals surface area contributed by atoms with E-state index < -0.39 is 0 Å². The number of para-hydroxylation sites is 1. The molecule has 2 atom stereocenters. The molecule has 0 spiro atoms. The Hall–Kier alpha value is -1.51. The molecule has 0 heterocycles. The van der Waals surface area contributed by atoms with Gasteiger partial charge in [-0.25, -0.2) is 0 Å². The maximum Gasteiger partial charge on any atom is 0.239 e. The lowest BCUT2D eigenvalue weighted by molar-refractivity contribution is -0.119. The quantitative estimate of drug-likeness (QED) is 0.782. The van der Waals surface area contributed by atoms with Crippen LogP contribution in [0.15, 0.2) is 30.3 Å². The fraction of sp³-hybridized carbons (Fsp3) is 0.417. The fourth-order valence-electron chi connectivity index (χ4n) is 1.52. The minimum Gasteiger partial charge on any atom is -0.376 e. The second kappa shape index (κ2) is 4.34. The van der Waals surface area contributed by atoms with Gasteiger partial charge in [0.1, 0.15) is 0 Å². The van der Waals surface area contributed by atoms with Crippen LogP contribution in [0.25, 0.3) is 0 Å². The Kier molecular flexibility index (Phi) is 2.90. The highest BCUT2D eigenvalue weighted by Gasteiger charge is 2.33. The van der Waals surface area contributed by atoms with Gasteiger partial charge in [-0.2, -0.15) is 0 Å². The summed E-state index contributed by atoms with van der Waals surface area (Å²) in [6.45, 7) is 2.50. The van der Waals surface area contributed by atoms with Crippen LogP contribution in [0.5, 0.6) is 0 Å². The van der Waals surface area contributed by atoms with Gasteiger partial charge in [-0.05, 0) is 24.5 Å². The minimum absolute atomic E-state index is 0.0770. The van der Waals surface area contributed by atoms with Crippen molar-refractivity contribution in [2.24, 2.45) is 5.92 Å². The molecule has 1 saturated carbocycles. The molecule has 3 heteroatoms. The summed E-state index contributed by atoms with van der Waals surface area (Å²) in [5.41, 5.74) is 0.983. The summed E-state index contributed by atoms with van der Waals surface area (Å²) in [4.78, 5) is 11.4. The predicted octanol–water partition coefficient (Wildman–Crippen LogP) is 1.62. The summed E-state index contributed by atoms with van der Waals surface area (Å²) in [6, 6.07) is 10.2. The second-order valence-electron chi connectivity index (χ2n) is 4.11. The van der Waals surface area contributed by atoms with Gasteiger partial charge in [0.25, 0.3) is 0 Å². The highest BCUT2D eigenvalue weighted by molar-refractivity contribution is 5.81. The van der Waals surface area contributed by atoms with Crippen LogP contribution >= 0.6 is 0 Å². The van der Waals surface area contributed by atoms with E-state index in [0.717, 1.165) is 12.1 Å². The molecule has 1 aromatic rings. The van der Waals surface area contributed by atoms with Crippen molar-refractivity contribution in [3.05, 3.63) is 30.3 Å². The molecule has 0 aliphatic heterocycles. The molecule has 0 radical (unpaired) electrons. The highest BCUT2D eigenvalue weighted by atomic mass is 16.2. The van der Waals surface area contributed by atoms with E-state index in [1.54, 1.807) is 0 Å². The number of hydrogen-bond donors (Lipinski definition) is 2. The number of carbonyl (C=O) groups is 1. The van der Waals surface area contributed by atoms with Crippen molar-refractivity contribution < 1.29 is 4.79 Å². The molecular weight excluding hydrogens is 188 g/mol. The van der Waals surface area contributed by atoms with Crippen molar-refractivity contribution in [2.75, 3.05) is 11.9 Å². The first-order valence-electron chi connectivity index (χ1n) is 5.34. The molecule has 0 bridgehead atoms. The smallest absolute Gasteiger partial charge is 0.239 e. The molecule has 1 fully saturated rings. The Morgan fingerprint density at radius 1 is 1.40 bits per heavy atom. The van der Waals surface area contributed by atoms with Crippen molar-refractivity contribution in [3.8, 4) is 0 Å². The van der Waals surface area contributed by atoms with E-state index in [1.165, 1.54) is 0 Å². The van der Waals surface area contributed by atoms with Crippen LogP contribution in [0.1, 0.15) is 13.3 Å². The number of amides is 1. The van der Waals surface area contributed by atoms with Gasteiger partial charge in [-0.15, -0.1) is 0 Å². The SMILES string of the molecule is CC1CC1NC(=O)CNc1ccccc1. The molecule has 3 nitrogen and oxygen atoms in total. The molecule has 1 amide bonds. The van der Waals surface area contributed by atoms with Crippen molar-refractivity contribution in [1.29, 1.82) is 0 Å². The average Bonchev–Trinajstić information content (AvgIpc) is 2.93. The molecule has 2 unspecified atom stereocenters. The standard InChI is InChI=1S/C12H16N2O/c1-9-7-11(9)14-12(15)8-13-10-5-3-2-4-6-10/h2-6,9,11,13H,7-8H2,1H3,(H,14,15). The molecule has 1 aliphatic carbocycles. The van der Waals surface area contributed by atoms with E-state index >= 15 is 0 Å². The Morgan fingerprint density at radius 3 is 2.67 bits per heavy atom. The van der Waals surface area contributed by atoms with E-state index in [1.807, 2.05) is 30.3 Å². The summed E-state index contributed by atoms with van der Waals surface area (Å²) in [7, 11) is 0. The van der Waals surface area contributed by atoms with Crippen LogP contribution in [0.2, 0.25) is 0 Å². The van der Waals surface area contributed by atoms with Crippen molar-refractivity contribution >= 4 is 11.6 Å². The normalized spacial score (nSPS) is 23.3. The van der Waals surface area contributed by atoms with Gasteiger partial charge < -0.3 is 10.6 Å². The zero-order valence-electron chi connectivity index (χ0n) is 8.86. The van der Waals surface area contributed by atoms with Crippen LogP contribution < -0.4 is 10.6 Å². The third-order valence-electron chi connectivity index (χ3n) is 2.68. The van der Waals surface area contributed by atoms with Gasteiger partial charge >= 0.3 is 0 Å². The number of rotatable bonds is 4.